The predicted molar refractivity (Wildman–Crippen MR) is 127 cm³/mol. The van der Waals surface area contributed by atoms with Crippen molar-refractivity contribution in [2.45, 2.75) is 43.5 Å². The van der Waals surface area contributed by atoms with Crippen LogP contribution in [-0.2, 0) is 10.0 Å². The standard InChI is InChI=1S/C22H24ClN3O4S2/c1-3-15-6-4-5-13-26(15)32(28,29)16-9-7-14(8-10-16)21(27)25-22-24-19-18(30-2)12-11-17(23)20(19)31-22/h7-12,15H,3-6,13H2,1-2H3,(H,24,25,27). The molecule has 2 heterocycles. The highest BCUT2D eigenvalue weighted by atomic mass is 35.5. The van der Waals surface area contributed by atoms with Crippen molar-refractivity contribution in [1.29, 1.82) is 0 Å². The minimum absolute atomic E-state index is 0.0274. The fourth-order valence-electron chi connectivity index (χ4n) is 3.95. The molecule has 1 aliphatic heterocycles. The first-order chi connectivity index (χ1) is 15.3. The molecular weight excluding hydrogens is 470 g/mol. The van der Waals surface area contributed by atoms with Gasteiger partial charge >= 0.3 is 0 Å². The van der Waals surface area contributed by atoms with Crippen molar-refractivity contribution in [3.05, 3.63) is 47.0 Å². The minimum Gasteiger partial charge on any atom is -0.494 e. The molecule has 1 fully saturated rings. The Morgan fingerprint density at radius 2 is 2.00 bits per heavy atom. The van der Waals surface area contributed by atoms with Crippen molar-refractivity contribution in [3.63, 3.8) is 0 Å². The molecule has 0 bridgehead atoms. The third kappa shape index (κ3) is 4.34. The third-order valence-electron chi connectivity index (χ3n) is 5.67. The second-order valence-electron chi connectivity index (χ2n) is 7.60. The number of amides is 1. The van der Waals surface area contributed by atoms with Gasteiger partial charge in [0.2, 0.25) is 10.0 Å². The summed E-state index contributed by atoms with van der Waals surface area (Å²) < 4.78 is 33.9. The zero-order valence-corrected chi connectivity index (χ0v) is 20.2. The van der Waals surface area contributed by atoms with Crippen molar-refractivity contribution in [2.75, 3.05) is 19.0 Å². The van der Waals surface area contributed by atoms with Crippen LogP contribution in [0.5, 0.6) is 5.75 Å². The maximum atomic E-state index is 13.1. The lowest BCUT2D eigenvalue weighted by Crippen LogP contribution is -2.43. The van der Waals surface area contributed by atoms with Crippen molar-refractivity contribution >= 4 is 54.2 Å². The molecule has 2 aromatic carbocycles. The van der Waals surface area contributed by atoms with Gasteiger partial charge < -0.3 is 4.74 Å². The molecular formula is C22H24ClN3O4S2. The van der Waals surface area contributed by atoms with Crippen molar-refractivity contribution in [1.82, 2.24) is 9.29 Å². The van der Waals surface area contributed by atoms with Crippen LogP contribution in [0.1, 0.15) is 43.0 Å². The quantitative estimate of drug-likeness (QED) is 0.512. The lowest BCUT2D eigenvalue weighted by atomic mass is 10.0. The lowest BCUT2D eigenvalue weighted by molar-refractivity contribution is 0.102. The molecule has 7 nitrogen and oxygen atoms in total. The van der Waals surface area contributed by atoms with E-state index >= 15 is 0 Å². The maximum Gasteiger partial charge on any atom is 0.257 e. The van der Waals surface area contributed by atoms with E-state index in [1.807, 2.05) is 6.92 Å². The maximum absolute atomic E-state index is 13.1. The van der Waals surface area contributed by atoms with Crippen LogP contribution >= 0.6 is 22.9 Å². The van der Waals surface area contributed by atoms with E-state index in [0.717, 1.165) is 30.4 Å². The number of halogens is 1. The summed E-state index contributed by atoms with van der Waals surface area (Å²) in [5, 5.41) is 3.66. The summed E-state index contributed by atoms with van der Waals surface area (Å²) in [6.07, 6.45) is 3.59. The van der Waals surface area contributed by atoms with E-state index < -0.39 is 10.0 Å². The summed E-state index contributed by atoms with van der Waals surface area (Å²) in [6, 6.07) is 9.49. The summed E-state index contributed by atoms with van der Waals surface area (Å²) in [6.45, 7) is 2.55. The van der Waals surface area contributed by atoms with Crippen LogP contribution in [0.3, 0.4) is 0 Å². The van der Waals surface area contributed by atoms with Gasteiger partial charge in [0.25, 0.3) is 5.91 Å². The van der Waals surface area contributed by atoms with Crippen LogP contribution in [-0.4, -0.2) is 43.3 Å². The van der Waals surface area contributed by atoms with E-state index in [4.69, 9.17) is 16.3 Å². The molecule has 4 rings (SSSR count). The molecule has 1 saturated heterocycles. The number of sulfonamides is 1. The van der Waals surface area contributed by atoms with Gasteiger partial charge in [0.1, 0.15) is 11.3 Å². The number of carbonyl (C=O) groups excluding carboxylic acids is 1. The zero-order chi connectivity index (χ0) is 22.9. The molecule has 32 heavy (non-hydrogen) atoms. The monoisotopic (exact) mass is 493 g/mol. The third-order valence-corrected chi connectivity index (χ3v) is 9.06. The number of carbonyl (C=O) groups is 1. The summed E-state index contributed by atoms with van der Waals surface area (Å²) in [5.74, 6) is 0.186. The second-order valence-corrected chi connectivity index (χ2v) is 10.9. The SMILES string of the molecule is CCC1CCCCN1S(=O)(=O)c1ccc(C(=O)Nc2nc3c(OC)ccc(Cl)c3s2)cc1. The van der Waals surface area contributed by atoms with Crippen LogP contribution in [0, 0.1) is 0 Å². The Labute approximate surface area is 196 Å². The van der Waals surface area contributed by atoms with Crippen LogP contribution in [0.4, 0.5) is 5.13 Å². The first-order valence-corrected chi connectivity index (χ1v) is 13.0. The normalized spacial score (nSPS) is 17.4. The van der Waals surface area contributed by atoms with E-state index in [0.29, 0.717) is 33.5 Å². The second kappa shape index (κ2) is 9.35. The number of benzene rings is 2. The molecule has 1 N–H and O–H groups in total. The Kier molecular flexibility index (Phi) is 6.71. The number of fused-ring (bicyclic) bond motifs is 1. The minimum atomic E-state index is -3.59. The molecule has 1 atom stereocenters. The molecule has 10 heteroatoms. The van der Waals surface area contributed by atoms with Crippen LogP contribution in [0.15, 0.2) is 41.3 Å². The Balaban J connectivity index is 1.54. The van der Waals surface area contributed by atoms with E-state index in [1.165, 1.54) is 35.6 Å². The van der Waals surface area contributed by atoms with Gasteiger partial charge in [-0.05, 0) is 55.7 Å². The first kappa shape index (κ1) is 23.0. The largest absolute Gasteiger partial charge is 0.494 e. The highest BCUT2D eigenvalue weighted by molar-refractivity contribution is 7.89. The number of hydrogen-bond acceptors (Lipinski definition) is 6. The number of methoxy groups -OCH3 is 1. The fraction of sp³-hybridized carbons (Fsp3) is 0.364. The van der Waals surface area contributed by atoms with E-state index in [9.17, 15) is 13.2 Å². The number of piperidine rings is 1. The fourth-order valence-corrected chi connectivity index (χ4v) is 6.87. The molecule has 1 aromatic heterocycles. The Bertz CT molecular complexity index is 1240. The van der Waals surface area contributed by atoms with Crippen LogP contribution in [0.25, 0.3) is 10.2 Å². The number of nitrogens with one attached hydrogen (secondary N) is 1. The molecule has 0 aliphatic carbocycles. The van der Waals surface area contributed by atoms with Gasteiger partial charge in [0, 0.05) is 18.2 Å². The van der Waals surface area contributed by atoms with E-state index in [2.05, 4.69) is 10.3 Å². The molecule has 1 amide bonds. The van der Waals surface area contributed by atoms with Gasteiger partial charge in [-0.1, -0.05) is 36.3 Å². The number of aromatic nitrogens is 1. The van der Waals surface area contributed by atoms with Crippen LogP contribution < -0.4 is 10.1 Å². The van der Waals surface area contributed by atoms with Gasteiger partial charge in [-0.2, -0.15) is 4.31 Å². The summed E-state index contributed by atoms with van der Waals surface area (Å²) in [5.41, 5.74) is 0.917. The van der Waals surface area contributed by atoms with Gasteiger partial charge in [-0.3, -0.25) is 10.1 Å². The molecule has 1 aliphatic rings. The average molecular weight is 494 g/mol. The highest BCUT2D eigenvalue weighted by Gasteiger charge is 2.32. The number of hydrogen-bond donors (Lipinski definition) is 1. The zero-order valence-electron chi connectivity index (χ0n) is 17.8. The number of rotatable bonds is 6. The van der Waals surface area contributed by atoms with Crippen molar-refractivity contribution in [3.8, 4) is 5.75 Å². The molecule has 3 aromatic rings. The number of nitrogens with zero attached hydrogens (tertiary/aromatic N) is 2. The van der Waals surface area contributed by atoms with Gasteiger partial charge in [-0.15, -0.1) is 0 Å². The molecule has 1 unspecified atom stereocenters. The van der Waals surface area contributed by atoms with Gasteiger partial charge in [0.15, 0.2) is 5.13 Å². The summed E-state index contributed by atoms with van der Waals surface area (Å²) >= 11 is 7.49. The first-order valence-electron chi connectivity index (χ1n) is 10.4. The number of thiazole rings is 1. The topological polar surface area (TPSA) is 88.6 Å². The van der Waals surface area contributed by atoms with Crippen molar-refractivity contribution in [2.24, 2.45) is 0 Å². The van der Waals surface area contributed by atoms with Gasteiger partial charge in [0.05, 0.1) is 21.7 Å². The van der Waals surface area contributed by atoms with Gasteiger partial charge in [-0.25, -0.2) is 13.4 Å². The molecule has 170 valence electrons. The van der Waals surface area contributed by atoms with Crippen LogP contribution in [0.2, 0.25) is 5.02 Å². The number of ether oxygens (including phenoxy) is 1. The highest BCUT2D eigenvalue weighted by Crippen LogP contribution is 2.37. The molecule has 0 spiro atoms. The molecule has 0 radical (unpaired) electrons. The van der Waals surface area contributed by atoms with E-state index in [1.54, 1.807) is 23.5 Å². The Hall–Kier alpha value is -2.20. The summed E-state index contributed by atoms with van der Waals surface area (Å²) in [7, 11) is -2.05. The van der Waals surface area contributed by atoms with Crippen molar-refractivity contribution < 1.29 is 17.9 Å². The Morgan fingerprint density at radius 1 is 1.25 bits per heavy atom. The summed E-state index contributed by atoms with van der Waals surface area (Å²) in [4.78, 5) is 17.3. The Morgan fingerprint density at radius 3 is 2.69 bits per heavy atom. The lowest BCUT2D eigenvalue weighted by Gasteiger charge is -2.34. The van der Waals surface area contributed by atoms with E-state index in [-0.39, 0.29) is 16.8 Å². The molecule has 0 saturated carbocycles. The average Bonchev–Trinajstić information content (AvgIpc) is 3.24. The smallest absolute Gasteiger partial charge is 0.257 e. The number of anilines is 1. The predicted octanol–water partition coefficient (Wildman–Crippen LogP) is 5.16.